The molecule has 0 saturated carbocycles. The molecule has 32 heavy (non-hydrogen) atoms. The van der Waals surface area contributed by atoms with E-state index in [0.29, 0.717) is 43.2 Å². The smallest absolute Gasteiger partial charge is 0.249 e. The Kier molecular flexibility index (Phi) is 8.22. The summed E-state index contributed by atoms with van der Waals surface area (Å²) in [5, 5.41) is 6.18. The lowest BCUT2D eigenvalue weighted by atomic mass is 9.95. The number of carbonyl (C=O) groups excluding carboxylic acids is 3. The van der Waals surface area contributed by atoms with Crippen LogP contribution in [0.2, 0.25) is 5.02 Å². The summed E-state index contributed by atoms with van der Waals surface area (Å²) in [4.78, 5) is 44.4. The van der Waals surface area contributed by atoms with Crippen molar-refractivity contribution in [2.75, 3.05) is 18.4 Å². The number of hydrogen-bond acceptors (Lipinski definition) is 4. The van der Waals surface area contributed by atoms with Gasteiger partial charge >= 0.3 is 0 Å². The van der Waals surface area contributed by atoms with E-state index in [1.54, 1.807) is 17.0 Å². The highest BCUT2D eigenvalue weighted by molar-refractivity contribution is 6.30. The SMILES string of the molecule is CC(C)CC(=O)NC(C(=O)N1CCCC(C(=O)Nc2ccc(Cl)cn2)C1)c1ccccc1. The van der Waals surface area contributed by atoms with Gasteiger partial charge in [-0.2, -0.15) is 0 Å². The fourth-order valence-corrected chi connectivity index (χ4v) is 3.89. The topological polar surface area (TPSA) is 91.4 Å². The normalized spacial score (nSPS) is 17.0. The summed E-state index contributed by atoms with van der Waals surface area (Å²) in [5.74, 6) is -0.292. The molecule has 2 N–H and O–H groups in total. The first-order valence-corrected chi connectivity index (χ1v) is 11.3. The highest BCUT2D eigenvalue weighted by Gasteiger charge is 2.33. The molecule has 0 radical (unpaired) electrons. The van der Waals surface area contributed by atoms with Crippen molar-refractivity contribution in [1.82, 2.24) is 15.2 Å². The standard InChI is InChI=1S/C24H29ClN4O3/c1-16(2)13-21(30)28-22(17-7-4-3-5-8-17)24(32)29-12-6-9-18(15-29)23(31)27-20-11-10-19(25)14-26-20/h3-5,7-8,10-11,14,16,18,22H,6,9,12-13,15H2,1-2H3,(H,28,30)(H,26,27,31). The van der Waals surface area contributed by atoms with Crippen LogP contribution in [0, 0.1) is 11.8 Å². The summed E-state index contributed by atoms with van der Waals surface area (Å²) in [6.45, 7) is 4.76. The maximum Gasteiger partial charge on any atom is 0.249 e. The van der Waals surface area contributed by atoms with Crippen LogP contribution in [0.3, 0.4) is 0 Å². The highest BCUT2D eigenvalue weighted by atomic mass is 35.5. The number of anilines is 1. The number of nitrogens with one attached hydrogen (secondary N) is 2. The number of carbonyl (C=O) groups is 3. The molecular formula is C24H29ClN4O3. The molecule has 1 aromatic carbocycles. The maximum absolute atomic E-state index is 13.4. The molecule has 8 heteroatoms. The molecule has 2 heterocycles. The minimum absolute atomic E-state index is 0.165. The van der Waals surface area contributed by atoms with Crippen molar-refractivity contribution < 1.29 is 14.4 Å². The van der Waals surface area contributed by atoms with Crippen LogP contribution in [0.4, 0.5) is 5.82 Å². The van der Waals surface area contributed by atoms with E-state index < -0.39 is 6.04 Å². The number of nitrogens with zero attached hydrogens (tertiary/aromatic N) is 2. The van der Waals surface area contributed by atoms with E-state index in [2.05, 4.69) is 15.6 Å². The summed E-state index contributed by atoms with van der Waals surface area (Å²) in [5.41, 5.74) is 0.728. The summed E-state index contributed by atoms with van der Waals surface area (Å²) in [6, 6.07) is 11.7. The van der Waals surface area contributed by atoms with Crippen LogP contribution in [-0.2, 0) is 14.4 Å². The zero-order valence-corrected chi connectivity index (χ0v) is 19.1. The molecule has 0 bridgehead atoms. The van der Waals surface area contributed by atoms with Crippen LogP contribution in [0.25, 0.3) is 0 Å². The van der Waals surface area contributed by atoms with Gasteiger partial charge in [-0.15, -0.1) is 0 Å². The lowest BCUT2D eigenvalue weighted by molar-refractivity contribution is -0.139. The first-order valence-electron chi connectivity index (χ1n) is 10.9. The Hall–Kier alpha value is -2.93. The average molecular weight is 457 g/mol. The molecule has 1 aliphatic rings. The molecule has 0 spiro atoms. The number of likely N-dealkylation sites (tertiary alicyclic amines) is 1. The zero-order valence-electron chi connectivity index (χ0n) is 18.4. The molecule has 2 atom stereocenters. The molecule has 1 aromatic heterocycles. The van der Waals surface area contributed by atoms with E-state index in [1.165, 1.54) is 6.20 Å². The van der Waals surface area contributed by atoms with Gasteiger partial charge in [0.05, 0.1) is 10.9 Å². The fourth-order valence-electron chi connectivity index (χ4n) is 3.78. The van der Waals surface area contributed by atoms with Gasteiger partial charge in [0.2, 0.25) is 17.7 Å². The van der Waals surface area contributed by atoms with Gasteiger partial charge in [-0.1, -0.05) is 55.8 Å². The van der Waals surface area contributed by atoms with Gasteiger partial charge in [-0.3, -0.25) is 14.4 Å². The Balaban J connectivity index is 1.70. The Morgan fingerprint density at radius 3 is 2.56 bits per heavy atom. The van der Waals surface area contributed by atoms with Crippen LogP contribution in [0.15, 0.2) is 48.7 Å². The molecule has 7 nitrogen and oxygen atoms in total. The Labute approximate surface area is 193 Å². The Morgan fingerprint density at radius 2 is 1.91 bits per heavy atom. The molecule has 3 amide bonds. The van der Waals surface area contributed by atoms with E-state index in [1.807, 2.05) is 44.2 Å². The number of piperidine rings is 1. The van der Waals surface area contributed by atoms with Crippen molar-refractivity contribution in [2.24, 2.45) is 11.8 Å². The Morgan fingerprint density at radius 1 is 1.16 bits per heavy atom. The monoisotopic (exact) mass is 456 g/mol. The van der Waals surface area contributed by atoms with Crippen molar-refractivity contribution in [3.8, 4) is 0 Å². The highest BCUT2D eigenvalue weighted by Crippen LogP contribution is 2.23. The van der Waals surface area contributed by atoms with Crippen molar-refractivity contribution in [3.05, 3.63) is 59.2 Å². The number of halogens is 1. The van der Waals surface area contributed by atoms with E-state index >= 15 is 0 Å². The molecule has 1 aliphatic heterocycles. The van der Waals surface area contributed by atoms with Gasteiger partial charge in [0.15, 0.2) is 0 Å². The number of rotatable bonds is 7. The van der Waals surface area contributed by atoms with Crippen molar-refractivity contribution >= 4 is 35.1 Å². The number of benzene rings is 1. The summed E-state index contributed by atoms with van der Waals surface area (Å²) in [6.07, 6.45) is 3.20. The van der Waals surface area contributed by atoms with E-state index in [9.17, 15) is 14.4 Å². The minimum Gasteiger partial charge on any atom is -0.341 e. The molecule has 0 aliphatic carbocycles. The third kappa shape index (κ3) is 6.53. The predicted molar refractivity (Wildman–Crippen MR) is 124 cm³/mol. The quantitative estimate of drug-likeness (QED) is 0.662. The minimum atomic E-state index is -0.776. The summed E-state index contributed by atoms with van der Waals surface area (Å²) >= 11 is 5.85. The van der Waals surface area contributed by atoms with Crippen LogP contribution >= 0.6 is 11.6 Å². The van der Waals surface area contributed by atoms with Crippen LogP contribution in [-0.4, -0.2) is 40.7 Å². The molecular weight excluding hydrogens is 428 g/mol. The molecule has 1 fully saturated rings. The van der Waals surface area contributed by atoms with Crippen LogP contribution < -0.4 is 10.6 Å². The summed E-state index contributed by atoms with van der Waals surface area (Å²) in [7, 11) is 0. The molecule has 3 rings (SSSR count). The molecule has 2 unspecified atom stereocenters. The fraction of sp³-hybridized carbons (Fsp3) is 0.417. The average Bonchev–Trinajstić information content (AvgIpc) is 2.78. The van der Waals surface area contributed by atoms with Crippen molar-refractivity contribution in [3.63, 3.8) is 0 Å². The van der Waals surface area contributed by atoms with Gasteiger partial charge in [0, 0.05) is 25.7 Å². The van der Waals surface area contributed by atoms with Gasteiger partial charge in [-0.05, 0) is 36.5 Å². The van der Waals surface area contributed by atoms with E-state index in [0.717, 1.165) is 5.56 Å². The number of aromatic nitrogens is 1. The maximum atomic E-state index is 13.4. The van der Waals surface area contributed by atoms with Crippen molar-refractivity contribution in [1.29, 1.82) is 0 Å². The van der Waals surface area contributed by atoms with Gasteiger partial charge in [0.1, 0.15) is 11.9 Å². The second kappa shape index (κ2) is 11.1. The molecule has 170 valence electrons. The van der Waals surface area contributed by atoms with Crippen molar-refractivity contribution in [2.45, 2.75) is 39.2 Å². The second-order valence-corrected chi connectivity index (χ2v) is 8.92. The second-order valence-electron chi connectivity index (χ2n) is 8.48. The van der Waals surface area contributed by atoms with Gasteiger partial charge in [-0.25, -0.2) is 4.98 Å². The number of pyridine rings is 1. The first-order chi connectivity index (χ1) is 15.3. The third-order valence-corrected chi connectivity index (χ3v) is 5.58. The zero-order chi connectivity index (χ0) is 23.1. The van der Waals surface area contributed by atoms with Gasteiger partial charge < -0.3 is 15.5 Å². The number of amides is 3. The first kappa shape index (κ1) is 23.7. The van der Waals surface area contributed by atoms with Crippen LogP contribution in [0.1, 0.15) is 44.7 Å². The van der Waals surface area contributed by atoms with Gasteiger partial charge in [0.25, 0.3) is 0 Å². The predicted octanol–water partition coefficient (Wildman–Crippen LogP) is 3.82. The van der Waals surface area contributed by atoms with E-state index in [4.69, 9.17) is 11.6 Å². The third-order valence-electron chi connectivity index (χ3n) is 5.36. The largest absolute Gasteiger partial charge is 0.341 e. The molecule has 1 saturated heterocycles. The van der Waals surface area contributed by atoms with E-state index in [-0.39, 0.29) is 29.6 Å². The Bertz CT molecular complexity index is 934. The van der Waals surface area contributed by atoms with Crippen LogP contribution in [0.5, 0.6) is 0 Å². The molecule has 2 aromatic rings. The number of hydrogen-bond donors (Lipinski definition) is 2. The summed E-state index contributed by atoms with van der Waals surface area (Å²) < 4.78 is 0. The lowest BCUT2D eigenvalue weighted by Crippen LogP contribution is -2.48. The lowest BCUT2D eigenvalue weighted by Gasteiger charge is -2.34.